The van der Waals surface area contributed by atoms with Crippen molar-refractivity contribution in [2.75, 3.05) is 6.61 Å². The van der Waals surface area contributed by atoms with Crippen LogP contribution in [0.1, 0.15) is 48.2 Å². The second kappa shape index (κ2) is 4.91. The monoisotopic (exact) mass is 232 g/mol. The lowest BCUT2D eigenvalue weighted by Gasteiger charge is -2.13. The van der Waals surface area contributed by atoms with Crippen molar-refractivity contribution >= 4 is 5.78 Å². The number of ether oxygens (including phenoxy) is 1. The maximum atomic E-state index is 12.0. The highest BCUT2D eigenvalue weighted by Gasteiger charge is 2.17. The van der Waals surface area contributed by atoms with E-state index < -0.39 is 0 Å². The molecule has 0 aromatic heterocycles. The van der Waals surface area contributed by atoms with Crippen LogP contribution in [-0.4, -0.2) is 12.4 Å². The average molecular weight is 232 g/mol. The summed E-state index contributed by atoms with van der Waals surface area (Å²) in [5.74, 6) is 1.28. The molecular formula is C15H20O2. The SMILES string of the molecule is Cc1cc(C(=O)C(C)C)cc2c1OCCCC2. The molecule has 0 unspecified atom stereocenters. The standard InChI is InChI=1S/C15H20O2/c1-10(2)14(16)13-8-11(3)15-12(9-13)6-4-5-7-17-15/h8-10H,4-7H2,1-3H3. The van der Waals surface area contributed by atoms with Crippen LogP contribution < -0.4 is 4.74 Å². The first-order valence-corrected chi connectivity index (χ1v) is 6.40. The molecule has 2 heteroatoms. The molecular weight excluding hydrogens is 212 g/mol. The predicted octanol–water partition coefficient (Wildman–Crippen LogP) is 3.55. The molecule has 0 fully saturated rings. The third-order valence-corrected chi connectivity index (χ3v) is 3.25. The molecule has 0 radical (unpaired) electrons. The molecule has 0 saturated carbocycles. The summed E-state index contributed by atoms with van der Waals surface area (Å²) in [5, 5.41) is 0. The van der Waals surface area contributed by atoms with Crippen LogP contribution in [0.25, 0.3) is 0 Å². The summed E-state index contributed by atoms with van der Waals surface area (Å²) in [5.41, 5.74) is 3.13. The summed E-state index contributed by atoms with van der Waals surface area (Å²) in [6.45, 7) is 6.71. The van der Waals surface area contributed by atoms with E-state index in [0.29, 0.717) is 0 Å². The second-order valence-corrected chi connectivity index (χ2v) is 5.11. The fourth-order valence-corrected chi connectivity index (χ4v) is 2.31. The van der Waals surface area contributed by atoms with Crippen molar-refractivity contribution in [3.8, 4) is 5.75 Å². The molecule has 0 N–H and O–H groups in total. The van der Waals surface area contributed by atoms with Crippen LogP contribution in [0.4, 0.5) is 0 Å². The Morgan fingerprint density at radius 1 is 1.29 bits per heavy atom. The molecule has 0 amide bonds. The number of carbonyl (C=O) groups is 1. The molecule has 1 aliphatic heterocycles. The van der Waals surface area contributed by atoms with Gasteiger partial charge in [0.15, 0.2) is 5.78 Å². The molecule has 0 atom stereocenters. The Labute approximate surface area is 103 Å². The summed E-state index contributed by atoms with van der Waals surface area (Å²) in [6.07, 6.45) is 3.27. The van der Waals surface area contributed by atoms with Crippen molar-refractivity contribution in [1.29, 1.82) is 0 Å². The first kappa shape index (κ1) is 12.2. The fourth-order valence-electron chi connectivity index (χ4n) is 2.31. The van der Waals surface area contributed by atoms with Gasteiger partial charge in [0.05, 0.1) is 6.61 Å². The van der Waals surface area contributed by atoms with E-state index >= 15 is 0 Å². The van der Waals surface area contributed by atoms with E-state index in [4.69, 9.17) is 4.74 Å². The largest absolute Gasteiger partial charge is 0.493 e. The van der Waals surface area contributed by atoms with Gasteiger partial charge in [0.25, 0.3) is 0 Å². The highest BCUT2D eigenvalue weighted by Crippen LogP contribution is 2.30. The van der Waals surface area contributed by atoms with Crippen LogP contribution in [0.2, 0.25) is 0 Å². The van der Waals surface area contributed by atoms with E-state index in [2.05, 4.69) is 0 Å². The topological polar surface area (TPSA) is 26.3 Å². The number of hydrogen-bond acceptors (Lipinski definition) is 2. The molecule has 17 heavy (non-hydrogen) atoms. The zero-order chi connectivity index (χ0) is 12.4. The molecule has 1 aromatic rings. The van der Waals surface area contributed by atoms with Crippen molar-refractivity contribution in [3.05, 3.63) is 28.8 Å². The molecule has 0 saturated heterocycles. The Bertz CT molecular complexity index is 433. The summed E-state index contributed by atoms with van der Waals surface area (Å²) >= 11 is 0. The van der Waals surface area contributed by atoms with Crippen molar-refractivity contribution in [3.63, 3.8) is 0 Å². The lowest BCUT2D eigenvalue weighted by molar-refractivity contribution is 0.0939. The van der Waals surface area contributed by atoms with Gasteiger partial charge in [-0.1, -0.05) is 13.8 Å². The Hall–Kier alpha value is -1.31. The number of carbonyl (C=O) groups excluding carboxylic acids is 1. The van der Waals surface area contributed by atoms with Crippen LogP contribution in [-0.2, 0) is 6.42 Å². The Balaban J connectivity index is 2.42. The maximum absolute atomic E-state index is 12.0. The van der Waals surface area contributed by atoms with Crippen molar-refractivity contribution in [2.45, 2.75) is 40.0 Å². The van der Waals surface area contributed by atoms with Gasteiger partial charge in [0.1, 0.15) is 5.75 Å². The second-order valence-electron chi connectivity index (χ2n) is 5.11. The zero-order valence-corrected chi connectivity index (χ0v) is 10.9. The molecule has 2 nitrogen and oxygen atoms in total. The molecule has 0 aliphatic carbocycles. The Morgan fingerprint density at radius 2 is 2.06 bits per heavy atom. The third kappa shape index (κ3) is 2.51. The van der Waals surface area contributed by atoms with E-state index in [1.54, 1.807) is 0 Å². The summed E-state index contributed by atoms with van der Waals surface area (Å²) in [7, 11) is 0. The average Bonchev–Trinajstić information content (AvgIpc) is 2.53. The quantitative estimate of drug-likeness (QED) is 0.729. The Morgan fingerprint density at radius 3 is 2.76 bits per heavy atom. The molecule has 1 aromatic carbocycles. The minimum absolute atomic E-state index is 0.0548. The minimum Gasteiger partial charge on any atom is -0.493 e. The first-order chi connectivity index (χ1) is 8.09. The van der Waals surface area contributed by atoms with E-state index in [9.17, 15) is 4.79 Å². The van der Waals surface area contributed by atoms with Crippen LogP contribution in [0.15, 0.2) is 12.1 Å². The molecule has 2 rings (SSSR count). The van der Waals surface area contributed by atoms with E-state index in [0.717, 1.165) is 42.7 Å². The summed E-state index contributed by atoms with van der Waals surface area (Å²) < 4.78 is 5.76. The van der Waals surface area contributed by atoms with E-state index in [-0.39, 0.29) is 11.7 Å². The molecule has 1 heterocycles. The number of hydrogen-bond donors (Lipinski definition) is 0. The molecule has 92 valence electrons. The fraction of sp³-hybridized carbons (Fsp3) is 0.533. The van der Waals surface area contributed by atoms with Gasteiger partial charge < -0.3 is 4.74 Å². The van der Waals surface area contributed by atoms with Gasteiger partial charge in [-0.05, 0) is 49.4 Å². The van der Waals surface area contributed by atoms with E-state index in [1.807, 2.05) is 32.9 Å². The third-order valence-electron chi connectivity index (χ3n) is 3.25. The molecule has 0 spiro atoms. The summed E-state index contributed by atoms with van der Waals surface area (Å²) in [6, 6.07) is 3.99. The zero-order valence-electron chi connectivity index (χ0n) is 10.9. The van der Waals surface area contributed by atoms with Crippen LogP contribution in [0, 0.1) is 12.8 Å². The maximum Gasteiger partial charge on any atom is 0.165 e. The number of fused-ring (bicyclic) bond motifs is 1. The van der Waals surface area contributed by atoms with Crippen LogP contribution in [0.3, 0.4) is 0 Å². The number of rotatable bonds is 2. The lowest BCUT2D eigenvalue weighted by Crippen LogP contribution is -2.09. The smallest absolute Gasteiger partial charge is 0.165 e. The lowest BCUT2D eigenvalue weighted by atomic mass is 9.95. The first-order valence-electron chi connectivity index (χ1n) is 6.40. The number of benzene rings is 1. The van der Waals surface area contributed by atoms with Gasteiger partial charge in [-0.15, -0.1) is 0 Å². The molecule has 0 bridgehead atoms. The molecule has 1 aliphatic rings. The van der Waals surface area contributed by atoms with Gasteiger partial charge >= 0.3 is 0 Å². The number of ketones is 1. The van der Waals surface area contributed by atoms with Gasteiger partial charge in [0.2, 0.25) is 0 Å². The Kier molecular flexibility index (Phi) is 3.51. The normalized spacial score (nSPS) is 15.1. The van der Waals surface area contributed by atoms with Crippen molar-refractivity contribution < 1.29 is 9.53 Å². The summed E-state index contributed by atoms with van der Waals surface area (Å²) in [4.78, 5) is 12.0. The highest BCUT2D eigenvalue weighted by atomic mass is 16.5. The minimum atomic E-state index is 0.0548. The van der Waals surface area contributed by atoms with Gasteiger partial charge in [-0.2, -0.15) is 0 Å². The van der Waals surface area contributed by atoms with Crippen LogP contribution in [0.5, 0.6) is 5.75 Å². The van der Waals surface area contributed by atoms with Gasteiger partial charge in [-0.25, -0.2) is 0 Å². The van der Waals surface area contributed by atoms with Gasteiger partial charge in [0, 0.05) is 11.5 Å². The van der Waals surface area contributed by atoms with Crippen molar-refractivity contribution in [2.24, 2.45) is 5.92 Å². The number of aryl methyl sites for hydroxylation is 2. The van der Waals surface area contributed by atoms with Gasteiger partial charge in [-0.3, -0.25) is 4.79 Å². The number of Topliss-reactive ketones (excluding diaryl/α,β-unsaturated/α-hetero) is 1. The van der Waals surface area contributed by atoms with Crippen LogP contribution >= 0.6 is 0 Å². The predicted molar refractivity (Wildman–Crippen MR) is 68.8 cm³/mol. The van der Waals surface area contributed by atoms with Crippen molar-refractivity contribution in [1.82, 2.24) is 0 Å². The van der Waals surface area contributed by atoms with E-state index in [1.165, 1.54) is 5.56 Å². The highest BCUT2D eigenvalue weighted by molar-refractivity contribution is 5.98.